The molecule has 0 aliphatic carbocycles. The average molecular weight is 165 g/mol. The topological polar surface area (TPSA) is 12.0 Å². The summed E-state index contributed by atoms with van der Waals surface area (Å²) in [5.74, 6) is 1.03. The second-order valence-electron chi connectivity index (χ2n) is 2.65. The Morgan fingerprint density at radius 3 is 3.27 bits per heavy atom. The van der Waals surface area contributed by atoms with E-state index in [0.29, 0.717) is 0 Å². The molecule has 11 heavy (non-hydrogen) atoms. The van der Waals surface area contributed by atoms with Gasteiger partial charge in [-0.15, -0.1) is 11.8 Å². The van der Waals surface area contributed by atoms with Crippen molar-refractivity contribution >= 4 is 17.4 Å². The summed E-state index contributed by atoms with van der Waals surface area (Å²) in [4.78, 5) is 1.41. The van der Waals surface area contributed by atoms with Crippen molar-refractivity contribution < 1.29 is 0 Å². The van der Waals surface area contributed by atoms with Gasteiger partial charge in [0.25, 0.3) is 0 Å². The first kappa shape index (κ1) is 7.04. The van der Waals surface area contributed by atoms with Gasteiger partial charge in [-0.1, -0.05) is 13.0 Å². The minimum atomic E-state index is 1.03. The Morgan fingerprint density at radius 1 is 1.55 bits per heavy atom. The van der Waals surface area contributed by atoms with Crippen LogP contribution in [0.5, 0.6) is 0 Å². The van der Waals surface area contributed by atoms with Crippen molar-refractivity contribution in [1.82, 2.24) is 0 Å². The molecule has 1 aromatic rings. The van der Waals surface area contributed by atoms with Crippen LogP contribution in [0.1, 0.15) is 12.5 Å². The van der Waals surface area contributed by atoms with Crippen molar-refractivity contribution in [2.24, 2.45) is 0 Å². The van der Waals surface area contributed by atoms with Gasteiger partial charge in [0.2, 0.25) is 0 Å². The molecule has 0 atom stereocenters. The zero-order chi connectivity index (χ0) is 7.68. The van der Waals surface area contributed by atoms with Crippen LogP contribution in [0.4, 0.5) is 5.69 Å². The quantitative estimate of drug-likeness (QED) is 0.686. The lowest BCUT2D eigenvalue weighted by Gasteiger charge is -2.00. The highest BCUT2D eigenvalue weighted by atomic mass is 32.2. The van der Waals surface area contributed by atoms with Crippen LogP contribution >= 0.6 is 11.8 Å². The molecule has 2 rings (SSSR count). The maximum Gasteiger partial charge on any atom is 0.0658 e. The Hall–Kier alpha value is -0.630. The van der Waals surface area contributed by atoms with Gasteiger partial charge in [0.15, 0.2) is 0 Å². The molecular formula is C9H11NS. The summed E-state index contributed by atoms with van der Waals surface area (Å²) < 4.78 is 0. The number of hydrogen-bond donors (Lipinski definition) is 1. The molecule has 1 aromatic carbocycles. The summed E-state index contributed by atoms with van der Waals surface area (Å²) >= 11 is 1.89. The van der Waals surface area contributed by atoms with Gasteiger partial charge in [0.05, 0.1) is 5.88 Å². The third-order valence-corrected chi connectivity index (χ3v) is 2.88. The van der Waals surface area contributed by atoms with E-state index in [1.165, 1.54) is 16.1 Å². The monoisotopic (exact) mass is 165 g/mol. The number of thioether (sulfide) groups is 1. The lowest BCUT2D eigenvalue weighted by Crippen LogP contribution is -1.88. The van der Waals surface area contributed by atoms with E-state index >= 15 is 0 Å². The van der Waals surface area contributed by atoms with Gasteiger partial charge in [-0.2, -0.15) is 0 Å². The van der Waals surface area contributed by atoms with Gasteiger partial charge >= 0.3 is 0 Å². The summed E-state index contributed by atoms with van der Waals surface area (Å²) in [5.41, 5.74) is 2.73. The third kappa shape index (κ3) is 1.23. The normalized spacial score (nSPS) is 14.3. The van der Waals surface area contributed by atoms with Crippen molar-refractivity contribution in [2.75, 3.05) is 11.2 Å². The zero-order valence-corrected chi connectivity index (χ0v) is 7.37. The standard InChI is InChI=1S/C9H11NS/c1-2-7-3-4-8-9(5-7)11-6-10-8/h3-5,10H,2,6H2,1H3. The van der Waals surface area contributed by atoms with Crippen molar-refractivity contribution in [3.63, 3.8) is 0 Å². The van der Waals surface area contributed by atoms with Gasteiger partial charge in [-0.05, 0) is 24.1 Å². The lowest BCUT2D eigenvalue weighted by molar-refractivity contribution is 1.13. The van der Waals surface area contributed by atoms with Gasteiger partial charge in [0, 0.05) is 10.6 Å². The first-order chi connectivity index (χ1) is 5.40. The van der Waals surface area contributed by atoms with E-state index < -0.39 is 0 Å². The highest BCUT2D eigenvalue weighted by Crippen LogP contribution is 2.33. The summed E-state index contributed by atoms with van der Waals surface area (Å²) in [5, 5.41) is 3.31. The second-order valence-corrected chi connectivity index (χ2v) is 3.67. The lowest BCUT2D eigenvalue weighted by atomic mass is 10.1. The Labute approximate surface area is 71.2 Å². The van der Waals surface area contributed by atoms with Crippen LogP contribution in [0.2, 0.25) is 0 Å². The number of hydrogen-bond acceptors (Lipinski definition) is 2. The number of fused-ring (bicyclic) bond motifs is 1. The van der Waals surface area contributed by atoms with Crippen LogP contribution < -0.4 is 5.32 Å². The maximum absolute atomic E-state index is 3.31. The minimum absolute atomic E-state index is 1.03. The molecule has 0 bridgehead atoms. The fraction of sp³-hybridized carbons (Fsp3) is 0.333. The fourth-order valence-corrected chi connectivity index (χ4v) is 2.16. The van der Waals surface area contributed by atoms with Crippen LogP contribution in [0.15, 0.2) is 23.1 Å². The van der Waals surface area contributed by atoms with Crippen LogP contribution in [0.3, 0.4) is 0 Å². The first-order valence-electron chi connectivity index (χ1n) is 3.90. The molecule has 0 unspecified atom stereocenters. The largest absolute Gasteiger partial charge is 0.375 e. The zero-order valence-electron chi connectivity index (χ0n) is 6.55. The highest BCUT2D eigenvalue weighted by Gasteiger charge is 2.09. The van der Waals surface area contributed by atoms with Crippen molar-refractivity contribution in [1.29, 1.82) is 0 Å². The molecule has 1 heterocycles. The molecule has 0 radical (unpaired) electrons. The van der Waals surface area contributed by atoms with Gasteiger partial charge in [0.1, 0.15) is 0 Å². The van der Waals surface area contributed by atoms with Gasteiger partial charge in [-0.3, -0.25) is 0 Å². The van der Waals surface area contributed by atoms with Crippen molar-refractivity contribution in [3.8, 4) is 0 Å². The molecule has 1 aliphatic rings. The van der Waals surface area contributed by atoms with Crippen LogP contribution in [-0.2, 0) is 6.42 Å². The van der Waals surface area contributed by atoms with E-state index in [9.17, 15) is 0 Å². The summed E-state index contributed by atoms with van der Waals surface area (Å²) in [7, 11) is 0. The van der Waals surface area contributed by atoms with E-state index in [1.807, 2.05) is 11.8 Å². The van der Waals surface area contributed by atoms with E-state index in [2.05, 4.69) is 30.4 Å². The number of aryl methyl sites for hydroxylation is 1. The molecular weight excluding hydrogens is 154 g/mol. The second kappa shape index (κ2) is 2.78. The molecule has 1 N–H and O–H groups in total. The molecule has 0 amide bonds. The van der Waals surface area contributed by atoms with Crippen LogP contribution in [0, 0.1) is 0 Å². The van der Waals surface area contributed by atoms with Gasteiger partial charge < -0.3 is 5.32 Å². The molecule has 1 aliphatic heterocycles. The van der Waals surface area contributed by atoms with E-state index in [1.54, 1.807) is 0 Å². The van der Waals surface area contributed by atoms with E-state index in [0.717, 1.165) is 12.3 Å². The highest BCUT2D eigenvalue weighted by molar-refractivity contribution is 7.99. The number of anilines is 1. The van der Waals surface area contributed by atoms with Crippen LogP contribution in [0.25, 0.3) is 0 Å². The smallest absolute Gasteiger partial charge is 0.0658 e. The van der Waals surface area contributed by atoms with Crippen LogP contribution in [-0.4, -0.2) is 5.88 Å². The van der Waals surface area contributed by atoms with Crippen molar-refractivity contribution in [2.45, 2.75) is 18.2 Å². The summed E-state index contributed by atoms with van der Waals surface area (Å²) in [6, 6.07) is 6.64. The number of benzene rings is 1. The molecule has 1 nitrogen and oxygen atoms in total. The van der Waals surface area contributed by atoms with Crippen molar-refractivity contribution in [3.05, 3.63) is 23.8 Å². The Kier molecular flexibility index (Phi) is 1.78. The predicted molar refractivity (Wildman–Crippen MR) is 50.2 cm³/mol. The molecule has 58 valence electrons. The molecule has 0 saturated carbocycles. The number of nitrogens with one attached hydrogen (secondary N) is 1. The molecule has 0 fully saturated rings. The summed E-state index contributed by atoms with van der Waals surface area (Å²) in [6.07, 6.45) is 1.13. The predicted octanol–water partition coefficient (Wildman–Crippen LogP) is 2.72. The number of rotatable bonds is 1. The van der Waals surface area contributed by atoms with Gasteiger partial charge in [-0.25, -0.2) is 0 Å². The molecule has 2 heteroatoms. The maximum atomic E-state index is 3.31. The first-order valence-corrected chi connectivity index (χ1v) is 4.88. The molecule has 0 saturated heterocycles. The minimum Gasteiger partial charge on any atom is -0.375 e. The average Bonchev–Trinajstić information content (AvgIpc) is 2.50. The summed E-state index contributed by atoms with van der Waals surface area (Å²) in [6.45, 7) is 2.19. The Morgan fingerprint density at radius 2 is 2.45 bits per heavy atom. The Balaban J connectivity index is 2.41. The van der Waals surface area contributed by atoms with E-state index in [-0.39, 0.29) is 0 Å². The Bertz CT molecular complexity index is 270. The molecule has 0 spiro atoms. The van der Waals surface area contributed by atoms with E-state index in [4.69, 9.17) is 0 Å². The fourth-order valence-electron chi connectivity index (χ4n) is 1.24. The SMILES string of the molecule is CCc1ccc2c(c1)SCN2. The molecule has 0 aromatic heterocycles. The third-order valence-electron chi connectivity index (χ3n) is 1.94.